The molecule has 8 heteroatoms. The third-order valence-electron chi connectivity index (χ3n) is 3.38. The second-order valence-electron chi connectivity index (χ2n) is 5.44. The fourth-order valence-corrected chi connectivity index (χ4v) is 2.16. The van der Waals surface area contributed by atoms with Gasteiger partial charge in [-0.1, -0.05) is 0 Å². The molecule has 0 aliphatic rings. The molecular weight excluding hydrogens is 334 g/mol. The number of hydrogen-bond donors (Lipinski definition) is 3. The normalized spacial score (nSPS) is 10.2. The fraction of sp³-hybridized carbons (Fsp3) is 0.111. The van der Waals surface area contributed by atoms with E-state index in [9.17, 15) is 9.59 Å². The highest BCUT2D eigenvalue weighted by atomic mass is 16.3. The molecule has 3 aromatic rings. The number of furan rings is 1. The van der Waals surface area contributed by atoms with Gasteiger partial charge in [-0.05, 0) is 36.4 Å². The first-order valence-electron chi connectivity index (χ1n) is 7.87. The molecule has 0 aliphatic heterocycles. The predicted molar refractivity (Wildman–Crippen MR) is 96.8 cm³/mol. The zero-order chi connectivity index (χ0) is 18.4. The highest BCUT2D eigenvalue weighted by Crippen LogP contribution is 2.14. The number of nitrogens with zero attached hydrogens (tertiary/aromatic N) is 2. The summed E-state index contributed by atoms with van der Waals surface area (Å²) in [5.74, 6) is 0.685. The maximum Gasteiger partial charge on any atom is 0.258 e. The molecule has 0 aliphatic carbocycles. The summed E-state index contributed by atoms with van der Waals surface area (Å²) in [6, 6.07) is 10.4. The molecule has 2 aromatic heterocycles. The van der Waals surface area contributed by atoms with Crippen LogP contribution in [0.25, 0.3) is 0 Å². The molecule has 0 fully saturated rings. The van der Waals surface area contributed by atoms with Crippen molar-refractivity contribution in [3.8, 4) is 0 Å². The number of nitrogens with one attached hydrogen (secondary N) is 3. The van der Waals surface area contributed by atoms with Crippen LogP contribution in [0.2, 0.25) is 0 Å². The first kappa shape index (κ1) is 17.2. The molecule has 0 radical (unpaired) electrons. The molecule has 8 nitrogen and oxygen atoms in total. The minimum absolute atomic E-state index is 0.153. The largest absolute Gasteiger partial charge is 0.467 e. The number of amides is 2. The van der Waals surface area contributed by atoms with Crippen molar-refractivity contribution in [3.05, 3.63) is 66.4 Å². The van der Waals surface area contributed by atoms with Crippen LogP contribution in [0.3, 0.4) is 0 Å². The molecular formula is C18H17N5O3. The van der Waals surface area contributed by atoms with E-state index in [1.807, 2.05) is 6.07 Å². The molecule has 3 rings (SSSR count). The summed E-state index contributed by atoms with van der Waals surface area (Å²) in [6.07, 6.45) is 4.48. The second kappa shape index (κ2) is 7.93. The molecule has 2 heterocycles. The van der Waals surface area contributed by atoms with Crippen molar-refractivity contribution in [1.82, 2.24) is 9.97 Å². The Morgan fingerprint density at radius 3 is 2.23 bits per heavy atom. The van der Waals surface area contributed by atoms with E-state index in [-0.39, 0.29) is 11.8 Å². The highest BCUT2D eigenvalue weighted by Gasteiger charge is 2.08. The maximum atomic E-state index is 12.2. The van der Waals surface area contributed by atoms with Crippen LogP contribution in [0, 0.1) is 0 Å². The van der Waals surface area contributed by atoms with E-state index in [2.05, 4.69) is 25.9 Å². The van der Waals surface area contributed by atoms with E-state index >= 15 is 0 Å². The number of hydrogen-bond acceptors (Lipinski definition) is 6. The van der Waals surface area contributed by atoms with Gasteiger partial charge in [-0.25, -0.2) is 9.97 Å². The van der Waals surface area contributed by atoms with Gasteiger partial charge in [0.25, 0.3) is 5.91 Å². The third kappa shape index (κ3) is 4.67. The lowest BCUT2D eigenvalue weighted by atomic mass is 10.2. The van der Waals surface area contributed by atoms with Crippen LogP contribution in [0.1, 0.15) is 23.0 Å². The summed E-state index contributed by atoms with van der Waals surface area (Å²) >= 11 is 0. The van der Waals surface area contributed by atoms with Crippen molar-refractivity contribution in [2.24, 2.45) is 0 Å². The average molecular weight is 351 g/mol. The Kier molecular flexibility index (Phi) is 5.23. The number of carbonyl (C=O) groups is 2. The Hall–Kier alpha value is -3.68. The fourth-order valence-electron chi connectivity index (χ4n) is 2.16. The van der Waals surface area contributed by atoms with Gasteiger partial charge in [0.05, 0.1) is 18.4 Å². The van der Waals surface area contributed by atoms with Gasteiger partial charge in [0.1, 0.15) is 5.76 Å². The summed E-state index contributed by atoms with van der Waals surface area (Å²) in [5, 5.41) is 8.41. The molecule has 0 saturated heterocycles. The van der Waals surface area contributed by atoms with Gasteiger partial charge in [-0.15, -0.1) is 0 Å². The molecule has 2 amide bonds. The van der Waals surface area contributed by atoms with Crippen molar-refractivity contribution in [3.63, 3.8) is 0 Å². The summed E-state index contributed by atoms with van der Waals surface area (Å²) in [4.78, 5) is 31.5. The Morgan fingerprint density at radius 1 is 1.00 bits per heavy atom. The molecule has 0 atom stereocenters. The molecule has 26 heavy (non-hydrogen) atoms. The van der Waals surface area contributed by atoms with Gasteiger partial charge in [-0.2, -0.15) is 0 Å². The molecule has 0 spiro atoms. The van der Waals surface area contributed by atoms with Crippen LogP contribution in [-0.4, -0.2) is 21.8 Å². The average Bonchev–Trinajstić information content (AvgIpc) is 3.15. The minimum atomic E-state index is -0.324. The van der Waals surface area contributed by atoms with Gasteiger partial charge < -0.3 is 20.4 Å². The van der Waals surface area contributed by atoms with Crippen molar-refractivity contribution >= 4 is 29.1 Å². The number of rotatable bonds is 6. The molecule has 1 aromatic carbocycles. The molecule has 0 saturated carbocycles. The Labute approximate surface area is 149 Å². The monoisotopic (exact) mass is 351 g/mol. The van der Waals surface area contributed by atoms with Gasteiger partial charge >= 0.3 is 0 Å². The summed E-state index contributed by atoms with van der Waals surface area (Å²) in [6.45, 7) is 1.89. The smallest absolute Gasteiger partial charge is 0.258 e. The Bertz CT molecular complexity index is 874. The highest BCUT2D eigenvalue weighted by molar-refractivity contribution is 6.04. The maximum absolute atomic E-state index is 12.2. The summed E-state index contributed by atoms with van der Waals surface area (Å²) in [5.41, 5.74) is 1.59. The van der Waals surface area contributed by atoms with Crippen LogP contribution in [0.5, 0.6) is 0 Å². The lowest BCUT2D eigenvalue weighted by molar-refractivity contribution is -0.114. The van der Waals surface area contributed by atoms with Crippen molar-refractivity contribution in [2.45, 2.75) is 13.5 Å². The van der Waals surface area contributed by atoms with E-state index in [1.165, 1.54) is 19.3 Å². The molecule has 132 valence electrons. The standard InChI is InChI=1S/C18H17N5O3/c1-12(24)22-14-4-6-15(7-5-14)23-17(25)13-9-19-18(20-10-13)21-11-16-3-2-8-26-16/h2-10H,11H2,1H3,(H,22,24)(H,23,25)(H,19,20,21). The Balaban J connectivity index is 1.56. The second-order valence-corrected chi connectivity index (χ2v) is 5.44. The number of anilines is 3. The van der Waals surface area contributed by atoms with E-state index in [4.69, 9.17) is 4.42 Å². The minimum Gasteiger partial charge on any atom is -0.467 e. The van der Waals surface area contributed by atoms with Crippen LogP contribution < -0.4 is 16.0 Å². The Morgan fingerprint density at radius 2 is 1.65 bits per heavy atom. The lowest BCUT2D eigenvalue weighted by Gasteiger charge is -2.07. The van der Waals surface area contributed by atoms with E-state index in [0.717, 1.165) is 5.76 Å². The topological polar surface area (TPSA) is 109 Å². The SMILES string of the molecule is CC(=O)Nc1ccc(NC(=O)c2cnc(NCc3ccco3)nc2)cc1. The van der Waals surface area contributed by atoms with Gasteiger partial charge in [0.15, 0.2) is 0 Å². The number of carbonyl (C=O) groups excluding carboxylic acids is 2. The first-order valence-corrected chi connectivity index (χ1v) is 7.87. The van der Waals surface area contributed by atoms with Gasteiger partial charge in [-0.3, -0.25) is 9.59 Å². The van der Waals surface area contributed by atoms with Crippen molar-refractivity contribution in [1.29, 1.82) is 0 Å². The molecule has 0 bridgehead atoms. The molecule has 0 unspecified atom stereocenters. The molecule has 3 N–H and O–H groups in total. The van der Waals surface area contributed by atoms with Crippen LogP contribution >= 0.6 is 0 Å². The lowest BCUT2D eigenvalue weighted by Crippen LogP contribution is -2.13. The van der Waals surface area contributed by atoms with Crippen LogP contribution in [0.4, 0.5) is 17.3 Å². The zero-order valence-corrected chi connectivity index (χ0v) is 14.0. The first-order chi connectivity index (χ1) is 12.6. The number of aromatic nitrogens is 2. The summed E-state index contributed by atoms with van der Waals surface area (Å²) in [7, 11) is 0. The van der Waals surface area contributed by atoms with E-state index < -0.39 is 0 Å². The van der Waals surface area contributed by atoms with Gasteiger partial charge in [0, 0.05) is 30.7 Å². The van der Waals surface area contributed by atoms with Crippen LogP contribution in [0.15, 0.2) is 59.5 Å². The van der Waals surface area contributed by atoms with E-state index in [0.29, 0.717) is 29.4 Å². The van der Waals surface area contributed by atoms with Crippen LogP contribution in [-0.2, 0) is 11.3 Å². The predicted octanol–water partition coefficient (Wildman–Crippen LogP) is 2.89. The van der Waals surface area contributed by atoms with Crippen molar-refractivity contribution < 1.29 is 14.0 Å². The van der Waals surface area contributed by atoms with Crippen molar-refractivity contribution in [2.75, 3.05) is 16.0 Å². The third-order valence-corrected chi connectivity index (χ3v) is 3.38. The van der Waals surface area contributed by atoms with E-state index in [1.54, 1.807) is 36.6 Å². The number of benzene rings is 1. The summed E-state index contributed by atoms with van der Waals surface area (Å²) < 4.78 is 5.21. The zero-order valence-electron chi connectivity index (χ0n) is 14.0. The van der Waals surface area contributed by atoms with Gasteiger partial charge in [0.2, 0.25) is 11.9 Å². The quantitative estimate of drug-likeness (QED) is 0.630.